The van der Waals surface area contributed by atoms with Gasteiger partial charge < -0.3 is 4.84 Å². The van der Waals surface area contributed by atoms with Crippen molar-refractivity contribution in [3.63, 3.8) is 0 Å². The quantitative estimate of drug-likeness (QED) is 0.417. The average Bonchev–Trinajstić information content (AvgIpc) is 2.66. The molecule has 0 aliphatic heterocycles. The molecule has 0 atom stereocenters. The summed E-state index contributed by atoms with van der Waals surface area (Å²) in [6, 6.07) is 23.9. The summed E-state index contributed by atoms with van der Waals surface area (Å²) in [5.41, 5.74) is 3.59. The Labute approximate surface area is 145 Å². The molecular formula is C21H16F2NO. The van der Waals surface area contributed by atoms with E-state index in [0.29, 0.717) is 5.56 Å². The lowest BCUT2D eigenvalue weighted by Gasteiger charge is -2.05. The van der Waals surface area contributed by atoms with Crippen LogP contribution in [0.2, 0.25) is 0 Å². The maximum atomic E-state index is 12.6. The molecule has 1 radical (unpaired) electrons. The summed E-state index contributed by atoms with van der Waals surface area (Å²) in [7, 11) is 0. The normalized spacial score (nSPS) is 11.2. The second-order valence-corrected chi connectivity index (χ2v) is 5.47. The maximum absolute atomic E-state index is 12.6. The van der Waals surface area contributed by atoms with Gasteiger partial charge in [0.15, 0.2) is 0 Å². The SMILES string of the molecule is FC(F)c1cccc(/[C]=N\OCc2cccc(-c3ccccc3)c2)c1. The van der Waals surface area contributed by atoms with Crippen molar-refractivity contribution in [1.82, 2.24) is 0 Å². The molecule has 3 rings (SSSR count). The van der Waals surface area contributed by atoms with Crippen LogP contribution < -0.4 is 0 Å². The third-order valence-electron chi connectivity index (χ3n) is 3.64. The molecule has 0 saturated carbocycles. The fourth-order valence-corrected chi connectivity index (χ4v) is 2.41. The monoisotopic (exact) mass is 336 g/mol. The Bertz CT molecular complexity index is 847. The first-order valence-corrected chi connectivity index (χ1v) is 7.83. The lowest BCUT2D eigenvalue weighted by Crippen LogP contribution is -1.91. The van der Waals surface area contributed by atoms with Crippen LogP contribution >= 0.6 is 0 Å². The van der Waals surface area contributed by atoms with Crippen molar-refractivity contribution >= 4 is 6.21 Å². The van der Waals surface area contributed by atoms with E-state index in [0.717, 1.165) is 16.7 Å². The highest BCUT2D eigenvalue weighted by Gasteiger charge is 2.06. The summed E-state index contributed by atoms with van der Waals surface area (Å²) in [6.07, 6.45) is 0.115. The molecule has 0 amide bonds. The van der Waals surface area contributed by atoms with Gasteiger partial charge in [-0.05, 0) is 28.8 Å². The number of hydrogen-bond acceptors (Lipinski definition) is 2. The van der Waals surface area contributed by atoms with Crippen LogP contribution in [-0.4, -0.2) is 6.21 Å². The highest BCUT2D eigenvalue weighted by molar-refractivity contribution is 5.79. The Morgan fingerprint density at radius 3 is 2.40 bits per heavy atom. The minimum absolute atomic E-state index is 0.0595. The second-order valence-electron chi connectivity index (χ2n) is 5.47. The third kappa shape index (κ3) is 4.73. The fraction of sp³-hybridized carbons (Fsp3) is 0.0952. The zero-order valence-electron chi connectivity index (χ0n) is 13.4. The predicted octanol–water partition coefficient (Wildman–Crippen LogP) is 5.72. The standard InChI is InChI=1S/C21H16F2NO/c22-21(23)20-11-4-6-16(12-20)14-24-25-15-17-7-5-10-19(13-17)18-8-2-1-3-9-18/h1-13,21H,15H2. The lowest BCUT2D eigenvalue weighted by atomic mass is 10.0. The van der Waals surface area contributed by atoms with Crippen LogP contribution in [0, 0.1) is 0 Å². The average molecular weight is 336 g/mol. The van der Waals surface area contributed by atoms with Gasteiger partial charge >= 0.3 is 0 Å². The van der Waals surface area contributed by atoms with Crippen molar-refractivity contribution in [2.45, 2.75) is 13.0 Å². The Morgan fingerprint density at radius 2 is 1.60 bits per heavy atom. The van der Waals surface area contributed by atoms with E-state index in [-0.39, 0.29) is 12.2 Å². The maximum Gasteiger partial charge on any atom is 0.263 e. The van der Waals surface area contributed by atoms with Crippen molar-refractivity contribution in [2.75, 3.05) is 0 Å². The van der Waals surface area contributed by atoms with Gasteiger partial charge in [-0.1, -0.05) is 71.9 Å². The third-order valence-corrected chi connectivity index (χ3v) is 3.64. The van der Waals surface area contributed by atoms with E-state index in [2.05, 4.69) is 11.4 Å². The van der Waals surface area contributed by atoms with Gasteiger partial charge in [0.05, 0.1) is 0 Å². The molecule has 3 aromatic carbocycles. The predicted molar refractivity (Wildman–Crippen MR) is 94.6 cm³/mol. The fourth-order valence-electron chi connectivity index (χ4n) is 2.41. The number of hydrogen-bond donors (Lipinski definition) is 0. The summed E-state index contributed by atoms with van der Waals surface area (Å²) >= 11 is 0. The van der Waals surface area contributed by atoms with Crippen LogP contribution in [0.5, 0.6) is 0 Å². The molecule has 0 aliphatic carbocycles. The van der Waals surface area contributed by atoms with E-state index in [9.17, 15) is 8.78 Å². The van der Waals surface area contributed by atoms with Crippen LogP contribution in [0.25, 0.3) is 11.1 Å². The van der Waals surface area contributed by atoms with E-state index in [1.54, 1.807) is 12.1 Å². The molecule has 0 aliphatic rings. The van der Waals surface area contributed by atoms with E-state index in [4.69, 9.17) is 4.84 Å². The van der Waals surface area contributed by atoms with E-state index in [1.807, 2.05) is 54.6 Å². The first kappa shape index (κ1) is 16.8. The first-order valence-electron chi connectivity index (χ1n) is 7.83. The van der Waals surface area contributed by atoms with Crippen molar-refractivity contribution in [1.29, 1.82) is 0 Å². The summed E-state index contributed by atoms with van der Waals surface area (Å²) in [5, 5.41) is 3.74. The molecule has 0 saturated heterocycles. The number of nitrogens with zero attached hydrogens (tertiary/aromatic N) is 1. The molecule has 0 heterocycles. The molecule has 3 aromatic rings. The molecule has 0 spiro atoms. The van der Waals surface area contributed by atoms with E-state index in [1.165, 1.54) is 12.1 Å². The van der Waals surface area contributed by atoms with Crippen molar-refractivity contribution in [3.8, 4) is 11.1 Å². The smallest absolute Gasteiger partial charge is 0.263 e. The highest BCUT2D eigenvalue weighted by Crippen LogP contribution is 2.21. The first-order chi connectivity index (χ1) is 12.2. The van der Waals surface area contributed by atoms with Gasteiger partial charge in [0, 0.05) is 11.1 Å². The van der Waals surface area contributed by atoms with Crippen LogP contribution in [0.3, 0.4) is 0 Å². The minimum atomic E-state index is -2.51. The number of rotatable bonds is 6. The zero-order chi connectivity index (χ0) is 17.5. The Kier molecular flexibility index (Phi) is 5.52. The van der Waals surface area contributed by atoms with Crippen LogP contribution in [-0.2, 0) is 11.4 Å². The van der Waals surface area contributed by atoms with Gasteiger partial charge in [-0.2, -0.15) is 0 Å². The van der Waals surface area contributed by atoms with Gasteiger partial charge in [0.1, 0.15) is 12.8 Å². The van der Waals surface area contributed by atoms with E-state index >= 15 is 0 Å². The molecule has 4 heteroatoms. The van der Waals surface area contributed by atoms with Crippen molar-refractivity contribution < 1.29 is 13.6 Å². The molecule has 0 bridgehead atoms. The summed E-state index contributed by atoms with van der Waals surface area (Å²) in [5.74, 6) is 0. The largest absolute Gasteiger partial charge is 0.390 e. The van der Waals surface area contributed by atoms with Gasteiger partial charge in [-0.25, -0.2) is 8.78 Å². The van der Waals surface area contributed by atoms with Gasteiger partial charge in [-0.15, -0.1) is 0 Å². The summed E-state index contributed by atoms with van der Waals surface area (Å²) in [4.78, 5) is 5.24. The molecule has 0 fully saturated rings. The minimum Gasteiger partial charge on any atom is -0.390 e. The number of alkyl halides is 2. The lowest BCUT2D eigenvalue weighted by molar-refractivity contribution is 0.132. The van der Waals surface area contributed by atoms with Gasteiger partial charge in [-0.3, -0.25) is 0 Å². The Balaban J connectivity index is 1.62. The highest BCUT2D eigenvalue weighted by atomic mass is 19.3. The molecule has 0 N–H and O–H groups in total. The van der Waals surface area contributed by atoms with Gasteiger partial charge in [0.25, 0.3) is 6.43 Å². The Morgan fingerprint density at radius 1 is 0.840 bits per heavy atom. The van der Waals surface area contributed by atoms with Crippen LogP contribution in [0.4, 0.5) is 8.78 Å². The molecule has 25 heavy (non-hydrogen) atoms. The second kappa shape index (κ2) is 8.20. The topological polar surface area (TPSA) is 21.6 Å². The van der Waals surface area contributed by atoms with E-state index < -0.39 is 6.43 Å². The molecule has 125 valence electrons. The molecule has 0 unspecified atom stereocenters. The number of benzene rings is 3. The molecule has 0 aromatic heterocycles. The molecule has 2 nitrogen and oxygen atoms in total. The summed E-state index contributed by atoms with van der Waals surface area (Å²) < 4.78 is 25.3. The van der Waals surface area contributed by atoms with Gasteiger partial charge in [0.2, 0.25) is 0 Å². The Hall–Kier alpha value is -3.01. The summed E-state index contributed by atoms with van der Waals surface area (Å²) in [6.45, 7) is 0.280. The number of halogens is 2. The van der Waals surface area contributed by atoms with Crippen LogP contribution in [0.1, 0.15) is 23.1 Å². The zero-order valence-corrected chi connectivity index (χ0v) is 13.4. The van der Waals surface area contributed by atoms with Crippen molar-refractivity contribution in [3.05, 3.63) is 95.6 Å². The van der Waals surface area contributed by atoms with Crippen molar-refractivity contribution in [2.24, 2.45) is 5.16 Å². The molecular weight excluding hydrogens is 320 g/mol. The van der Waals surface area contributed by atoms with Crippen LogP contribution in [0.15, 0.2) is 84.0 Å².